The molecule has 2 fully saturated rings. The second-order valence-electron chi connectivity index (χ2n) is 4.26. The van der Waals surface area contributed by atoms with Gasteiger partial charge >= 0.3 is 0 Å². The van der Waals surface area contributed by atoms with Gasteiger partial charge in [0.25, 0.3) is 0 Å². The molecule has 0 heterocycles. The molecule has 2 nitrogen and oxygen atoms in total. The number of thiocarbonyl (C=S) groups is 1. The Morgan fingerprint density at radius 1 is 1.23 bits per heavy atom. The summed E-state index contributed by atoms with van der Waals surface area (Å²) < 4.78 is 0. The van der Waals surface area contributed by atoms with Gasteiger partial charge in [0.15, 0.2) is 5.11 Å². The predicted molar refractivity (Wildman–Crippen MR) is 58.7 cm³/mol. The van der Waals surface area contributed by atoms with E-state index < -0.39 is 0 Å². The second-order valence-corrected chi connectivity index (χ2v) is 4.67. The van der Waals surface area contributed by atoms with Crippen LogP contribution in [0.25, 0.3) is 0 Å². The molecule has 13 heavy (non-hydrogen) atoms. The molecule has 2 saturated carbocycles. The molecule has 0 aromatic rings. The molecule has 74 valence electrons. The molecular formula is C10H18N2S. The van der Waals surface area contributed by atoms with Gasteiger partial charge < -0.3 is 10.6 Å². The van der Waals surface area contributed by atoms with Gasteiger partial charge in [0, 0.05) is 12.6 Å². The van der Waals surface area contributed by atoms with E-state index in [-0.39, 0.29) is 0 Å². The summed E-state index contributed by atoms with van der Waals surface area (Å²) in [5.41, 5.74) is 0. The van der Waals surface area contributed by atoms with Gasteiger partial charge in [-0.2, -0.15) is 0 Å². The van der Waals surface area contributed by atoms with Crippen molar-refractivity contribution in [2.45, 2.75) is 44.6 Å². The zero-order valence-corrected chi connectivity index (χ0v) is 8.83. The first-order chi connectivity index (χ1) is 6.34. The molecule has 0 aromatic heterocycles. The van der Waals surface area contributed by atoms with Gasteiger partial charge in [-0.15, -0.1) is 0 Å². The molecule has 0 unspecified atom stereocenters. The van der Waals surface area contributed by atoms with Gasteiger partial charge in [-0.3, -0.25) is 0 Å². The van der Waals surface area contributed by atoms with E-state index >= 15 is 0 Å². The van der Waals surface area contributed by atoms with Crippen LogP contribution in [0.5, 0.6) is 0 Å². The van der Waals surface area contributed by atoms with Crippen molar-refractivity contribution < 1.29 is 0 Å². The fourth-order valence-electron chi connectivity index (χ4n) is 1.64. The fourth-order valence-corrected chi connectivity index (χ4v) is 1.90. The van der Waals surface area contributed by atoms with Crippen molar-refractivity contribution in [1.82, 2.24) is 10.6 Å². The Kier molecular flexibility index (Phi) is 3.04. The molecule has 2 aliphatic rings. The molecule has 3 heteroatoms. The largest absolute Gasteiger partial charge is 0.363 e. The van der Waals surface area contributed by atoms with E-state index in [1.165, 1.54) is 38.5 Å². The monoisotopic (exact) mass is 198 g/mol. The molecule has 2 N–H and O–H groups in total. The molecule has 0 aromatic carbocycles. The Morgan fingerprint density at radius 2 is 2.00 bits per heavy atom. The molecule has 0 radical (unpaired) electrons. The molecule has 0 atom stereocenters. The third-order valence-corrected chi connectivity index (χ3v) is 3.24. The molecule has 0 saturated heterocycles. The third kappa shape index (κ3) is 3.14. The summed E-state index contributed by atoms with van der Waals surface area (Å²) in [6.07, 6.45) is 8.20. The topological polar surface area (TPSA) is 24.1 Å². The van der Waals surface area contributed by atoms with Crippen LogP contribution in [-0.4, -0.2) is 17.7 Å². The maximum Gasteiger partial charge on any atom is 0.166 e. The molecule has 0 bridgehead atoms. The first-order valence-electron chi connectivity index (χ1n) is 5.39. The Labute approximate surface area is 85.5 Å². The van der Waals surface area contributed by atoms with Crippen LogP contribution in [0.4, 0.5) is 0 Å². The Hall–Kier alpha value is -0.310. The summed E-state index contributed by atoms with van der Waals surface area (Å²) >= 11 is 5.15. The van der Waals surface area contributed by atoms with Gasteiger partial charge in [0.2, 0.25) is 0 Å². The van der Waals surface area contributed by atoms with Crippen LogP contribution in [0.2, 0.25) is 0 Å². The van der Waals surface area contributed by atoms with Crippen molar-refractivity contribution in [1.29, 1.82) is 0 Å². The van der Waals surface area contributed by atoms with Crippen molar-refractivity contribution in [2.75, 3.05) is 6.54 Å². The minimum Gasteiger partial charge on any atom is -0.363 e. The van der Waals surface area contributed by atoms with Gasteiger partial charge in [0.05, 0.1) is 0 Å². The molecule has 0 aliphatic heterocycles. The van der Waals surface area contributed by atoms with Crippen LogP contribution in [-0.2, 0) is 0 Å². The van der Waals surface area contributed by atoms with E-state index in [1.807, 2.05) is 0 Å². The van der Waals surface area contributed by atoms with E-state index in [0.29, 0.717) is 6.04 Å². The average Bonchev–Trinajstić information content (AvgIpc) is 2.78. The van der Waals surface area contributed by atoms with Crippen molar-refractivity contribution in [3.05, 3.63) is 0 Å². The highest BCUT2D eigenvalue weighted by atomic mass is 32.1. The first-order valence-corrected chi connectivity index (χ1v) is 5.80. The molecule has 0 amide bonds. The van der Waals surface area contributed by atoms with Crippen LogP contribution >= 0.6 is 12.2 Å². The lowest BCUT2D eigenvalue weighted by atomic mass is 9.83. The van der Waals surface area contributed by atoms with Gasteiger partial charge in [-0.05, 0) is 37.4 Å². The lowest BCUT2D eigenvalue weighted by molar-refractivity contribution is 0.297. The van der Waals surface area contributed by atoms with Gasteiger partial charge in [-0.25, -0.2) is 0 Å². The summed E-state index contributed by atoms with van der Waals surface area (Å²) in [6, 6.07) is 0.684. The number of rotatable bonds is 4. The van der Waals surface area contributed by atoms with Crippen LogP contribution in [0.15, 0.2) is 0 Å². The first kappa shape index (κ1) is 9.25. The zero-order chi connectivity index (χ0) is 9.10. The molecule has 2 aliphatic carbocycles. The lowest BCUT2D eigenvalue weighted by Crippen LogP contribution is -2.37. The predicted octanol–water partition coefficient (Wildman–Crippen LogP) is 1.80. The summed E-state index contributed by atoms with van der Waals surface area (Å²) in [6.45, 7) is 1.06. The summed E-state index contributed by atoms with van der Waals surface area (Å²) in [7, 11) is 0. The highest BCUT2D eigenvalue weighted by Gasteiger charge is 2.22. The highest BCUT2D eigenvalue weighted by molar-refractivity contribution is 7.80. The van der Waals surface area contributed by atoms with Crippen molar-refractivity contribution >= 4 is 17.3 Å². The maximum absolute atomic E-state index is 5.15. The van der Waals surface area contributed by atoms with Gasteiger partial charge in [-0.1, -0.05) is 19.3 Å². The van der Waals surface area contributed by atoms with Crippen LogP contribution in [0, 0.1) is 5.92 Å². The van der Waals surface area contributed by atoms with Crippen molar-refractivity contribution in [3.63, 3.8) is 0 Å². The average molecular weight is 198 g/mol. The second kappa shape index (κ2) is 4.27. The summed E-state index contributed by atoms with van der Waals surface area (Å²) in [4.78, 5) is 0. The normalized spacial score (nSPS) is 22.2. The summed E-state index contributed by atoms with van der Waals surface area (Å²) in [5.74, 6) is 0.983. The zero-order valence-electron chi connectivity index (χ0n) is 8.01. The highest BCUT2D eigenvalue weighted by Crippen LogP contribution is 2.28. The van der Waals surface area contributed by atoms with E-state index in [1.54, 1.807) is 0 Å². The Balaban J connectivity index is 1.48. The smallest absolute Gasteiger partial charge is 0.166 e. The van der Waals surface area contributed by atoms with Crippen molar-refractivity contribution in [3.8, 4) is 0 Å². The lowest BCUT2D eigenvalue weighted by Gasteiger charge is -2.25. The third-order valence-electron chi connectivity index (χ3n) is 2.98. The molecular weight excluding hydrogens is 180 g/mol. The number of nitrogens with one attached hydrogen (secondary N) is 2. The molecule has 0 spiro atoms. The number of hydrogen-bond donors (Lipinski definition) is 2. The van der Waals surface area contributed by atoms with Crippen molar-refractivity contribution in [2.24, 2.45) is 5.92 Å². The Morgan fingerprint density at radius 3 is 2.54 bits per heavy atom. The van der Waals surface area contributed by atoms with E-state index in [2.05, 4.69) is 10.6 Å². The van der Waals surface area contributed by atoms with Gasteiger partial charge in [0.1, 0.15) is 0 Å². The quantitative estimate of drug-likeness (QED) is 0.674. The summed E-state index contributed by atoms with van der Waals surface area (Å²) in [5, 5.41) is 7.42. The number of hydrogen-bond acceptors (Lipinski definition) is 1. The van der Waals surface area contributed by atoms with Crippen LogP contribution < -0.4 is 10.6 Å². The minimum absolute atomic E-state index is 0.684. The Bertz CT molecular complexity index is 185. The van der Waals surface area contributed by atoms with E-state index in [4.69, 9.17) is 12.2 Å². The van der Waals surface area contributed by atoms with Crippen LogP contribution in [0.1, 0.15) is 38.5 Å². The van der Waals surface area contributed by atoms with E-state index in [0.717, 1.165) is 17.6 Å². The fraction of sp³-hybridized carbons (Fsp3) is 0.900. The minimum atomic E-state index is 0.684. The maximum atomic E-state index is 5.15. The SMILES string of the molecule is S=C(NCCC1CCC1)NC1CC1. The molecule has 2 rings (SSSR count). The van der Waals surface area contributed by atoms with Crippen LogP contribution in [0.3, 0.4) is 0 Å². The van der Waals surface area contributed by atoms with E-state index in [9.17, 15) is 0 Å². The standard InChI is InChI=1S/C10H18N2S/c13-10(12-9-4-5-9)11-7-6-8-2-1-3-8/h8-9H,1-7H2,(H2,11,12,13).